The molecule has 0 saturated carbocycles. The molecular formula is C10H25NOSi. The van der Waals surface area contributed by atoms with Gasteiger partial charge in [0, 0.05) is 6.61 Å². The van der Waals surface area contributed by atoms with Gasteiger partial charge in [-0.05, 0) is 38.1 Å². The Labute approximate surface area is 84.2 Å². The molecule has 0 bridgehead atoms. The Balaban J connectivity index is 3.77. The molecule has 0 amide bonds. The van der Waals surface area contributed by atoms with Crippen LogP contribution in [0, 0.1) is 0 Å². The summed E-state index contributed by atoms with van der Waals surface area (Å²) in [6.45, 7) is 13.4. The molecule has 1 N–H and O–H groups in total. The zero-order valence-electron chi connectivity index (χ0n) is 10.0. The monoisotopic (exact) mass is 203 g/mol. The molecule has 0 aliphatic rings. The third-order valence-corrected chi connectivity index (χ3v) is 7.38. The third kappa shape index (κ3) is 4.79. The van der Waals surface area contributed by atoms with Crippen LogP contribution in [0.4, 0.5) is 0 Å². The van der Waals surface area contributed by atoms with Crippen molar-refractivity contribution in [2.45, 2.75) is 45.3 Å². The average molecular weight is 203 g/mol. The predicted octanol–water partition coefficient (Wildman–Crippen LogP) is 2.62. The van der Waals surface area contributed by atoms with Crippen molar-refractivity contribution in [3.05, 3.63) is 0 Å². The molecule has 0 saturated heterocycles. The second kappa shape index (κ2) is 5.13. The van der Waals surface area contributed by atoms with Crippen molar-refractivity contribution in [2.24, 2.45) is 0 Å². The summed E-state index contributed by atoms with van der Waals surface area (Å²) in [5.41, 5.74) is 0. The van der Waals surface area contributed by atoms with Gasteiger partial charge in [-0.2, -0.15) is 0 Å². The van der Waals surface area contributed by atoms with E-state index in [1.54, 1.807) is 0 Å². The summed E-state index contributed by atoms with van der Waals surface area (Å²) in [4.78, 5) is 0. The van der Waals surface area contributed by atoms with E-state index in [0.29, 0.717) is 5.04 Å². The molecule has 0 fully saturated rings. The molecule has 0 spiro atoms. The molecular weight excluding hydrogens is 178 g/mol. The fourth-order valence-electron chi connectivity index (χ4n) is 0.793. The summed E-state index contributed by atoms with van der Waals surface area (Å²) in [7, 11) is 0.496. The quantitative estimate of drug-likeness (QED) is 0.548. The highest BCUT2D eigenvalue weighted by molar-refractivity contribution is 6.74. The summed E-state index contributed by atoms with van der Waals surface area (Å²) < 4.78 is 5.99. The van der Waals surface area contributed by atoms with Crippen molar-refractivity contribution in [1.29, 1.82) is 0 Å². The maximum Gasteiger partial charge on any atom is 0.191 e. The van der Waals surface area contributed by atoms with Crippen LogP contribution in [0.1, 0.15) is 27.2 Å². The van der Waals surface area contributed by atoms with Crippen LogP contribution in [-0.4, -0.2) is 28.5 Å². The number of rotatable bonds is 5. The molecule has 80 valence electrons. The van der Waals surface area contributed by atoms with Crippen LogP contribution in [0.3, 0.4) is 0 Å². The van der Waals surface area contributed by atoms with Crippen LogP contribution >= 0.6 is 0 Å². The smallest absolute Gasteiger partial charge is 0.191 e. The molecule has 0 aromatic carbocycles. The van der Waals surface area contributed by atoms with Crippen LogP contribution in [0.5, 0.6) is 0 Å². The lowest BCUT2D eigenvalue weighted by molar-refractivity contribution is 0.282. The van der Waals surface area contributed by atoms with Gasteiger partial charge in [-0.15, -0.1) is 0 Å². The van der Waals surface area contributed by atoms with Gasteiger partial charge in [0.25, 0.3) is 0 Å². The molecule has 0 aromatic rings. The first kappa shape index (κ1) is 13.1. The zero-order valence-corrected chi connectivity index (χ0v) is 11.0. The first-order chi connectivity index (χ1) is 5.81. The van der Waals surface area contributed by atoms with Gasteiger partial charge in [-0.3, -0.25) is 0 Å². The van der Waals surface area contributed by atoms with Crippen molar-refractivity contribution in [3.63, 3.8) is 0 Å². The van der Waals surface area contributed by atoms with Crippen molar-refractivity contribution in [2.75, 3.05) is 20.2 Å². The zero-order chi connectivity index (χ0) is 10.5. The highest BCUT2D eigenvalue weighted by Crippen LogP contribution is 2.36. The Hall–Kier alpha value is 0.137. The molecule has 0 rings (SSSR count). The van der Waals surface area contributed by atoms with Crippen molar-refractivity contribution >= 4 is 8.32 Å². The first-order valence-electron chi connectivity index (χ1n) is 5.10. The lowest BCUT2D eigenvalue weighted by Gasteiger charge is -2.36. The van der Waals surface area contributed by atoms with Crippen molar-refractivity contribution < 1.29 is 4.43 Å². The summed E-state index contributed by atoms with van der Waals surface area (Å²) in [5.74, 6) is 0. The van der Waals surface area contributed by atoms with Gasteiger partial charge in [0.15, 0.2) is 8.32 Å². The molecule has 0 aliphatic carbocycles. The minimum absolute atomic E-state index is 0.340. The third-order valence-electron chi connectivity index (χ3n) is 2.84. The lowest BCUT2D eigenvalue weighted by atomic mass is 10.2. The van der Waals surface area contributed by atoms with Crippen LogP contribution < -0.4 is 5.32 Å². The van der Waals surface area contributed by atoms with Crippen molar-refractivity contribution in [1.82, 2.24) is 5.32 Å². The normalized spacial score (nSPS) is 13.4. The summed E-state index contributed by atoms with van der Waals surface area (Å²) in [5, 5.41) is 3.47. The standard InChI is InChI=1S/C10H25NOSi/c1-10(2,3)13(5,6)12-9-7-8-11-4/h11H,7-9H2,1-6H3. The van der Waals surface area contributed by atoms with Gasteiger partial charge in [-0.1, -0.05) is 20.8 Å². The molecule has 0 heterocycles. The molecule has 2 nitrogen and oxygen atoms in total. The van der Waals surface area contributed by atoms with E-state index in [4.69, 9.17) is 4.43 Å². The molecule has 13 heavy (non-hydrogen) atoms. The van der Waals surface area contributed by atoms with E-state index in [9.17, 15) is 0 Å². The largest absolute Gasteiger partial charge is 0.417 e. The van der Waals surface area contributed by atoms with E-state index < -0.39 is 8.32 Å². The van der Waals surface area contributed by atoms with Gasteiger partial charge in [-0.25, -0.2) is 0 Å². The van der Waals surface area contributed by atoms with Crippen LogP contribution in [-0.2, 0) is 4.43 Å². The Bertz CT molecular complexity index is 140. The van der Waals surface area contributed by atoms with Gasteiger partial charge in [0.1, 0.15) is 0 Å². The van der Waals surface area contributed by atoms with Gasteiger partial charge in [0.2, 0.25) is 0 Å². The van der Waals surface area contributed by atoms with Gasteiger partial charge in [0.05, 0.1) is 0 Å². The summed E-state index contributed by atoms with van der Waals surface area (Å²) in [6, 6.07) is 0. The van der Waals surface area contributed by atoms with Crippen LogP contribution in [0.2, 0.25) is 18.1 Å². The Morgan fingerprint density at radius 1 is 1.23 bits per heavy atom. The van der Waals surface area contributed by atoms with Gasteiger partial charge < -0.3 is 9.74 Å². The summed E-state index contributed by atoms with van der Waals surface area (Å²) >= 11 is 0. The fourth-order valence-corrected chi connectivity index (χ4v) is 1.88. The highest BCUT2D eigenvalue weighted by atomic mass is 28.4. The maximum absolute atomic E-state index is 5.99. The summed E-state index contributed by atoms with van der Waals surface area (Å²) in [6.07, 6.45) is 1.11. The van der Waals surface area contributed by atoms with E-state index in [2.05, 4.69) is 39.2 Å². The van der Waals surface area contributed by atoms with Crippen LogP contribution in [0.25, 0.3) is 0 Å². The highest BCUT2D eigenvalue weighted by Gasteiger charge is 2.36. The average Bonchev–Trinajstić information content (AvgIpc) is 1.96. The number of hydrogen-bond acceptors (Lipinski definition) is 2. The van der Waals surface area contributed by atoms with Gasteiger partial charge >= 0.3 is 0 Å². The Morgan fingerprint density at radius 3 is 2.15 bits per heavy atom. The van der Waals surface area contributed by atoms with E-state index in [1.165, 1.54) is 0 Å². The minimum atomic E-state index is -1.48. The lowest BCUT2D eigenvalue weighted by Crippen LogP contribution is -2.41. The number of hydrogen-bond donors (Lipinski definition) is 1. The Kier molecular flexibility index (Phi) is 5.18. The van der Waals surface area contributed by atoms with E-state index in [1.807, 2.05) is 7.05 Å². The molecule has 0 radical (unpaired) electrons. The molecule has 0 unspecified atom stereocenters. The molecule has 0 aliphatic heterocycles. The topological polar surface area (TPSA) is 21.3 Å². The Morgan fingerprint density at radius 2 is 1.77 bits per heavy atom. The molecule has 3 heteroatoms. The molecule has 0 aromatic heterocycles. The first-order valence-corrected chi connectivity index (χ1v) is 8.00. The second-order valence-electron chi connectivity index (χ2n) is 5.07. The van der Waals surface area contributed by atoms with Crippen molar-refractivity contribution in [3.8, 4) is 0 Å². The fraction of sp³-hybridized carbons (Fsp3) is 1.00. The van der Waals surface area contributed by atoms with E-state index in [-0.39, 0.29) is 0 Å². The maximum atomic E-state index is 5.99. The minimum Gasteiger partial charge on any atom is -0.417 e. The number of nitrogens with one attached hydrogen (secondary N) is 1. The van der Waals surface area contributed by atoms with Crippen LogP contribution in [0.15, 0.2) is 0 Å². The van der Waals surface area contributed by atoms with E-state index >= 15 is 0 Å². The van der Waals surface area contributed by atoms with E-state index in [0.717, 1.165) is 19.6 Å². The second-order valence-corrected chi connectivity index (χ2v) is 9.88. The SMILES string of the molecule is CNCCCO[Si](C)(C)C(C)(C)C. The molecule has 0 atom stereocenters. The predicted molar refractivity (Wildman–Crippen MR) is 61.7 cm³/mol.